The molecule has 1 atom stereocenters. The summed E-state index contributed by atoms with van der Waals surface area (Å²) in [7, 11) is 1.54. The highest BCUT2D eigenvalue weighted by Gasteiger charge is 2.44. The lowest BCUT2D eigenvalue weighted by atomic mass is 9.85. The summed E-state index contributed by atoms with van der Waals surface area (Å²) in [6, 6.07) is 14.2. The van der Waals surface area contributed by atoms with Gasteiger partial charge in [-0.05, 0) is 41.8 Å². The number of benzene rings is 2. The molecule has 3 aromatic rings. The van der Waals surface area contributed by atoms with Gasteiger partial charge in [0.2, 0.25) is 5.78 Å². The predicted molar refractivity (Wildman–Crippen MR) is 144 cm³/mol. The number of hydrogen-bond acceptors (Lipinski definition) is 6. The largest absolute Gasteiger partial charge is 0.503 e. The zero-order valence-corrected chi connectivity index (χ0v) is 22.5. The summed E-state index contributed by atoms with van der Waals surface area (Å²) >= 11 is 0. The first-order valence-corrected chi connectivity index (χ1v) is 12.8. The lowest BCUT2D eigenvalue weighted by Gasteiger charge is -2.29. The molecule has 0 saturated heterocycles. The van der Waals surface area contributed by atoms with Crippen LogP contribution in [0, 0.1) is 0 Å². The molecule has 0 saturated carbocycles. The summed E-state index contributed by atoms with van der Waals surface area (Å²) in [6.45, 7) is 13.2. The van der Waals surface area contributed by atoms with Crippen molar-refractivity contribution < 1.29 is 23.8 Å². The Morgan fingerprint density at radius 1 is 1.11 bits per heavy atom. The van der Waals surface area contributed by atoms with Gasteiger partial charge in [-0.2, -0.15) is 0 Å². The molecule has 7 nitrogen and oxygen atoms in total. The first-order chi connectivity index (χ1) is 17.6. The van der Waals surface area contributed by atoms with E-state index in [1.165, 1.54) is 7.11 Å². The van der Waals surface area contributed by atoms with Crippen molar-refractivity contribution in [2.75, 3.05) is 33.3 Å². The summed E-state index contributed by atoms with van der Waals surface area (Å²) in [5.41, 5.74) is 2.34. The van der Waals surface area contributed by atoms with Crippen molar-refractivity contribution in [3.05, 3.63) is 76.8 Å². The molecule has 1 unspecified atom stereocenters. The van der Waals surface area contributed by atoms with E-state index in [9.17, 15) is 14.7 Å². The third-order valence-corrected chi connectivity index (χ3v) is 7.14. The van der Waals surface area contributed by atoms with E-state index >= 15 is 0 Å². The van der Waals surface area contributed by atoms with Crippen molar-refractivity contribution in [2.24, 2.45) is 0 Å². The first-order valence-electron chi connectivity index (χ1n) is 12.8. The second kappa shape index (κ2) is 10.4. The van der Waals surface area contributed by atoms with Gasteiger partial charge in [-0.1, -0.05) is 71.0 Å². The number of para-hydroxylation sites is 1. The minimum atomic E-state index is -0.723. The number of carbonyl (C=O) groups is 2. The maximum Gasteiger partial charge on any atom is 0.290 e. The molecule has 1 aliphatic heterocycles. The fourth-order valence-corrected chi connectivity index (χ4v) is 4.86. The number of nitrogens with zero attached hydrogens (tertiary/aromatic N) is 2. The SMILES string of the molecule is CCN(CC)CCN1C(=O)C(O)=C(C(=O)c2cc3cccc(OC)c3o2)C1c1ccc(C(C)(C)C)cc1. The van der Waals surface area contributed by atoms with Crippen LogP contribution >= 0.6 is 0 Å². The number of Topliss-reactive ketones (excluding diaryl/α,β-unsaturated/α-hetero) is 1. The van der Waals surface area contributed by atoms with E-state index in [1.807, 2.05) is 36.4 Å². The molecular formula is C30H36N2O5. The molecule has 1 aromatic heterocycles. The second-order valence-electron chi connectivity index (χ2n) is 10.4. The van der Waals surface area contributed by atoms with Gasteiger partial charge in [-0.3, -0.25) is 9.59 Å². The van der Waals surface area contributed by atoms with Crippen molar-refractivity contribution in [3.63, 3.8) is 0 Å². The number of hydrogen-bond donors (Lipinski definition) is 1. The Morgan fingerprint density at radius 2 is 1.78 bits per heavy atom. The Hall–Kier alpha value is -3.58. The van der Waals surface area contributed by atoms with Crippen LogP contribution in [-0.2, 0) is 10.2 Å². The highest BCUT2D eigenvalue weighted by Crippen LogP contribution is 2.40. The molecule has 2 aromatic carbocycles. The van der Waals surface area contributed by atoms with Crippen LogP contribution in [0.2, 0.25) is 0 Å². The lowest BCUT2D eigenvalue weighted by molar-refractivity contribution is -0.129. The van der Waals surface area contributed by atoms with Gasteiger partial charge < -0.3 is 24.1 Å². The molecule has 0 radical (unpaired) electrons. The van der Waals surface area contributed by atoms with Gasteiger partial charge in [0, 0.05) is 18.5 Å². The van der Waals surface area contributed by atoms with E-state index < -0.39 is 23.5 Å². The molecule has 2 heterocycles. The van der Waals surface area contributed by atoms with Gasteiger partial charge >= 0.3 is 0 Å². The van der Waals surface area contributed by atoms with E-state index in [0.29, 0.717) is 29.8 Å². The van der Waals surface area contributed by atoms with Gasteiger partial charge in [0.15, 0.2) is 22.9 Å². The fraction of sp³-hybridized carbons (Fsp3) is 0.400. The number of fused-ring (bicyclic) bond motifs is 1. The van der Waals surface area contributed by atoms with Gasteiger partial charge in [-0.15, -0.1) is 0 Å². The number of methoxy groups -OCH3 is 1. The van der Waals surface area contributed by atoms with Crippen LogP contribution in [0.4, 0.5) is 0 Å². The van der Waals surface area contributed by atoms with E-state index in [-0.39, 0.29) is 16.7 Å². The van der Waals surface area contributed by atoms with Gasteiger partial charge in [-0.25, -0.2) is 0 Å². The van der Waals surface area contributed by atoms with E-state index in [1.54, 1.807) is 17.0 Å². The van der Waals surface area contributed by atoms with E-state index in [0.717, 1.165) is 24.2 Å². The van der Waals surface area contributed by atoms with Crippen molar-refractivity contribution in [2.45, 2.75) is 46.1 Å². The Bertz CT molecular complexity index is 1330. The average molecular weight is 505 g/mol. The maximum absolute atomic E-state index is 13.8. The summed E-state index contributed by atoms with van der Waals surface area (Å²) in [6.07, 6.45) is 0. The Balaban J connectivity index is 1.77. The predicted octanol–water partition coefficient (Wildman–Crippen LogP) is 5.66. The average Bonchev–Trinajstić information content (AvgIpc) is 3.43. The van der Waals surface area contributed by atoms with Crippen LogP contribution < -0.4 is 4.74 Å². The molecule has 7 heteroatoms. The Kier molecular flexibility index (Phi) is 7.46. The van der Waals surface area contributed by atoms with Crippen molar-refractivity contribution in [1.29, 1.82) is 0 Å². The molecule has 0 spiro atoms. The smallest absolute Gasteiger partial charge is 0.290 e. The number of aliphatic hydroxyl groups is 1. The summed E-state index contributed by atoms with van der Waals surface area (Å²) in [5.74, 6) is -1.03. The quantitative estimate of drug-likeness (QED) is 0.379. The summed E-state index contributed by atoms with van der Waals surface area (Å²) < 4.78 is 11.3. The third kappa shape index (κ3) is 5.01. The summed E-state index contributed by atoms with van der Waals surface area (Å²) in [5, 5.41) is 11.7. The highest BCUT2D eigenvalue weighted by atomic mass is 16.5. The molecule has 196 valence electrons. The minimum Gasteiger partial charge on any atom is -0.503 e. The fourth-order valence-electron chi connectivity index (χ4n) is 4.86. The Labute approximate surface area is 218 Å². The summed E-state index contributed by atoms with van der Waals surface area (Å²) in [4.78, 5) is 31.0. The first kappa shape index (κ1) is 26.5. The minimum absolute atomic E-state index is 0.0334. The van der Waals surface area contributed by atoms with Gasteiger partial charge in [0.25, 0.3) is 5.91 Å². The molecule has 37 heavy (non-hydrogen) atoms. The zero-order valence-electron chi connectivity index (χ0n) is 22.5. The normalized spacial score (nSPS) is 16.4. The number of furan rings is 1. The number of aliphatic hydroxyl groups excluding tert-OH is 1. The van der Waals surface area contributed by atoms with Crippen LogP contribution in [-0.4, -0.2) is 59.9 Å². The lowest BCUT2D eigenvalue weighted by Crippen LogP contribution is -2.38. The van der Waals surface area contributed by atoms with Gasteiger partial charge in [0.1, 0.15) is 0 Å². The molecule has 1 amide bonds. The van der Waals surface area contributed by atoms with Gasteiger partial charge in [0.05, 0.1) is 18.7 Å². The van der Waals surface area contributed by atoms with Crippen LogP contribution in [0.1, 0.15) is 62.3 Å². The molecule has 0 bridgehead atoms. The van der Waals surface area contributed by atoms with Crippen molar-refractivity contribution in [3.8, 4) is 5.75 Å². The van der Waals surface area contributed by atoms with Crippen molar-refractivity contribution >= 4 is 22.7 Å². The van der Waals surface area contributed by atoms with Crippen LogP contribution in [0.15, 0.2) is 64.3 Å². The zero-order chi connectivity index (χ0) is 26.9. The Morgan fingerprint density at radius 3 is 2.38 bits per heavy atom. The molecular weight excluding hydrogens is 468 g/mol. The molecule has 0 fully saturated rings. The number of likely N-dealkylation sites (N-methyl/N-ethyl adjacent to an activating group) is 1. The number of ether oxygens (including phenoxy) is 1. The van der Waals surface area contributed by atoms with E-state index in [4.69, 9.17) is 9.15 Å². The van der Waals surface area contributed by atoms with Crippen LogP contribution in [0.3, 0.4) is 0 Å². The molecule has 0 aliphatic carbocycles. The molecule has 1 N–H and O–H groups in total. The molecule has 4 rings (SSSR count). The standard InChI is InChI=1S/C30H36N2O5/c1-7-31(8-2)16-17-32-25(19-12-14-21(15-13-19)30(3,4)5)24(27(34)29(32)35)26(33)23-18-20-10-9-11-22(36-6)28(20)37-23/h9-15,18,25,34H,7-8,16-17H2,1-6H3. The van der Waals surface area contributed by atoms with Crippen LogP contribution in [0.25, 0.3) is 11.0 Å². The second-order valence-corrected chi connectivity index (χ2v) is 10.4. The highest BCUT2D eigenvalue weighted by molar-refractivity contribution is 6.16. The number of amides is 1. The monoisotopic (exact) mass is 504 g/mol. The van der Waals surface area contributed by atoms with Crippen molar-refractivity contribution in [1.82, 2.24) is 9.80 Å². The maximum atomic E-state index is 13.8. The molecule has 1 aliphatic rings. The van der Waals surface area contributed by atoms with E-state index in [2.05, 4.69) is 39.5 Å². The number of carbonyl (C=O) groups excluding carboxylic acids is 2. The third-order valence-electron chi connectivity index (χ3n) is 7.14. The number of ketones is 1. The number of rotatable bonds is 9. The topological polar surface area (TPSA) is 83.2 Å². The van der Waals surface area contributed by atoms with Crippen LogP contribution in [0.5, 0.6) is 5.75 Å².